The van der Waals surface area contributed by atoms with Crippen LogP contribution < -0.4 is 0 Å². The van der Waals surface area contributed by atoms with E-state index in [0.29, 0.717) is 18.2 Å². The Labute approximate surface area is 156 Å². The second-order valence-corrected chi connectivity index (χ2v) is 7.43. The van der Waals surface area contributed by atoms with Gasteiger partial charge in [-0.1, -0.05) is 31.2 Å². The van der Waals surface area contributed by atoms with Crippen molar-refractivity contribution in [3.8, 4) is 0 Å². The van der Waals surface area contributed by atoms with Gasteiger partial charge in [-0.3, -0.25) is 4.90 Å². The lowest BCUT2D eigenvalue weighted by molar-refractivity contribution is -0.134. The summed E-state index contributed by atoms with van der Waals surface area (Å²) in [5, 5.41) is 17.9. The van der Waals surface area contributed by atoms with Crippen LogP contribution in [0.2, 0.25) is 0 Å². The minimum absolute atomic E-state index is 0.101. The van der Waals surface area contributed by atoms with Gasteiger partial charge in [-0.05, 0) is 41.6 Å². The number of fused-ring (bicyclic) bond motifs is 7. The van der Waals surface area contributed by atoms with Crippen molar-refractivity contribution >= 4 is 23.3 Å². The summed E-state index contributed by atoms with van der Waals surface area (Å²) in [6.07, 6.45) is 2.30. The molecule has 136 valence electrons. The predicted molar refractivity (Wildman–Crippen MR) is 100 cm³/mol. The molecule has 26 heavy (non-hydrogen) atoms. The van der Waals surface area contributed by atoms with Crippen molar-refractivity contribution in [2.45, 2.75) is 31.8 Å². The maximum atomic E-state index is 9.55. The molecule has 2 unspecified atom stereocenters. The van der Waals surface area contributed by atoms with Crippen molar-refractivity contribution < 1.29 is 19.8 Å². The molecule has 3 heterocycles. The van der Waals surface area contributed by atoms with Crippen LogP contribution >= 0.6 is 11.3 Å². The third-order valence-electron chi connectivity index (χ3n) is 5.15. The molecule has 2 aliphatic rings. The highest BCUT2D eigenvalue weighted by molar-refractivity contribution is 7.10. The molecular formula is C20H21NO4S. The Kier molecular flexibility index (Phi) is 4.98. The fourth-order valence-corrected chi connectivity index (χ4v) is 5.19. The lowest BCUT2D eigenvalue weighted by Crippen LogP contribution is -2.44. The van der Waals surface area contributed by atoms with Crippen LogP contribution in [0.3, 0.4) is 0 Å². The number of likely N-dealkylation sites (N-methyl/N-ethyl adjacent to an activating group) is 1. The molecular weight excluding hydrogens is 350 g/mol. The second kappa shape index (κ2) is 7.05. The van der Waals surface area contributed by atoms with Crippen molar-refractivity contribution in [1.82, 2.24) is 4.90 Å². The SMILES string of the molecule is CCN1C2Cc3sccc3C1(C)c1ccccc12.O=C(O)/C=C/C(=O)O. The topological polar surface area (TPSA) is 77.8 Å². The molecule has 1 aromatic carbocycles. The minimum atomic E-state index is -1.26. The van der Waals surface area contributed by atoms with Crippen LogP contribution in [-0.2, 0) is 21.5 Å². The number of carbonyl (C=O) groups is 2. The highest BCUT2D eigenvalue weighted by Gasteiger charge is 2.51. The first kappa shape index (κ1) is 18.4. The third-order valence-corrected chi connectivity index (χ3v) is 6.10. The van der Waals surface area contributed by atoms with Crippen molar-refractivity contribution in [2.24, 2.45) is 0 Å². The van der Waals surface area contributed by atoms with Crippen LogP contribution in [-0.4, -0.2) is 33.6 Å². The third kappa shape index (κ3) is 2.95. The number of carboxylic acids is 2. The molecule has 0 aliphatic carbocycles. The van der Waals surface area contributed by atoms with E-state index in [1.165, 1.54) is 17.5 Å². The molecule has 0 amide bonds. The molecule has 2 atom stereocenters. The average molecular weight is 371 g/mol. The van der Waals surface area contributed by atoms with Gasteiger partial charge in [-0.15, -0.1) is 11.3 Å². The molecule has 5 nitrogen and oxygen atoms in total. The Hall–Kier alpha value is -2.44. The fraction of sp³-hybridized carbons (Fsp3) is 0.300. The van der Waals surface area contributed by atoms with Crippen molar-refractivity contribution in [1.29, 1.82) is 0 Å². The summed E-state index contributed by atoms with van der Waals surface area (Å²) in [5.41, 5.74) is 4.71. The van der Waals surface area contributed by atoms with Crippen LogP contribution in [0.4, 0.5) is 0 Å². The van der Waals surface area contributed by atoms with Crippen LogP contribution in [0.25, 0.3) is 0 Å². The summed E-state index contributed by atoms with van der Waals surface area (Å²) >= 11 is 1.93. The number of nitrogens with zero attached hydrogens (tertiary/aromatic N) is 1. The van der Waals surface area contributed by atoms with E-state index in [1.807, 2.05) is 11.3 Å². The van der Waals surface area contributed by atoms with E-state index in [1.54, 1.807) is 10.4 Å². The zero-order valence-electron chi connectivity index (χ0n) is 14.7. The molecule has 2 aliphatic heterocycles. The summed E-state index contributed by atoms with van der Waals surface area (Å²) in [6.45, 7) is 5.81. The van der Waals surface area contributed by atoms with E-state index < -0.39 is 11.9 Å². The molecule has 0 fully saturated rings. The van der Waals surface area contributed by atoms with Gasteiger partial charge in [0, 0.05) is 29.5 Å². The Morgan fingerprint density at radius 3 is 2.46 bits per heavy atom. The van der Waals surface area contributed by atoms with Gasteiger partial charge < -0.3 is 10.2 Å². The standard InChI is InChI=1S/C16H17NS.C4H4O4/c1-3-17-14-10-15-13(8-9-18-15)16(17,2)12-7-5-4-6-11(12)14;5-3(6)1-2-4(7)8/h4-9,14H,3,10H2,1-2H3;1-2H,(H,5,6)(H,7,8)/b;2-1+. The Morgan fingerprint density at radius 2 is 1.85 bits per heavy atom. The first-order chi connectivity index (χ1) is 12.4. The lowest BCUT2D eigenvalue weighted by Gasteiger charge is -2.42. The maximum absolute atomic E-state index is 9.55. The zero-order valence-corrected chi connectivity index (χ0v) is 15.5. The van der Waals surface area contributed by atoms with Gasteiger partial charge in [0.1, 0.15) is 0 Å². The van der Waals surface area contributed by atoms with Gasteiger partial charge in [0.15, 0.2) is 0 Å². The monoisotopic (exact) mass is 371 g/mol. The number of benzene rings is 1. The summed E-state index contributed by atoms with van der Waals surface area (Å²) in [6, 6.07) is 11.9. The van der Waals surface area contributed by atoms with Gasteiger partial charge >= 0.3 is 11.9 Å². The van der Waals surface area contributed by atoms with Crippen molar-refractivity contribution in [2.75, 3.05) is 6.54 Å². The quantitative estimate of drug-likeness (QED) is 0.805. The summed E-state index contributed by atoms with van der Waals surface area (Å²) in [5.74, 6) is -2.51. The van der Waals surface area contributed by atoms with Gasteiger partial charge in [0.25, 0.3) is 0 Å². The van der Waals surface area contributed by atoms with Gasteiger partial charge in [0.2, 0.25) is 0 Å². The Morgan fingerprint density at radius 1 is 1.19 bits per heavy atom. The lowest BCUT2D eigenvalue weighted by atomic mass is 9.84. The molecule has 6 heteroatoms. The minimum Gasteiger partial charge on any atom is -0.478 e. The Balaban J connectivity index is 0.000000211. The Bertz CT molecular complexity index is 856. The summed E-state index contributed by atoms with van der Waals surface area (Å²) in [7, 11) is 0. The first-order valence-corrected chi connectivity index (χ1v) is 9.34. The molecule has 2 bridgehead atoms. The molecule has 0 radical (unpaired) electrons. The molecule has 2 N–H and O–H groups in total. The van der Waals surface area contributed by atoms with Crippen LogP contribution in [0.5, 0.6) is 0 Å². The maximum Gasteiger partial charge on any atom is 0.328 e. The largest absolute Gasteiger partial charge is 0.478 e. The molecule has 1 aromatic heterocycles. The first-order valence-electron chi connectivity index (χ1n) is 8.46. The second-order valence-electron chi connectivity index (χ2n) is 6.43. The van der Waals surface area contributed by atoms with E-state index in [0.717, 1.165) is 6.54 Å². The number of hydrogen-bond donors (Lipinski definition) is 2. The fourth-order valence-electron chi connectivity index (χ4n) is 4.17. The van der Waals surface area contributed by atoms with Crippen LogP contribution in [0.1, 0.15) is 41.5 Å². The summed E-state index contributed by atoms with van der Waals surface area (Å²) in [4.78, 5) is 23.4. The van der Waals surface area contributed by atoms with Crippen LogP contribution in [0.15, 0.2) is 47.9 Å². The van der Waals surface area contributed by atoms with E-state index in [2.05, 4.69) is 54.5 Å². The molecule has 4 rings (SSSR count). The molecule has 2 aromatic rings. The highest BCUT2D eigenvalue weighted by Crippen LogP contribution is 2.56. The van der Waals surface area contributed by atoms with Gasteiger partial charge in [-0.2, -0.15) is 0 Å². The number of rotatable bonds is 3. The smallest absolute Gasteiger partial charge is 0.328 e. The van der Waals surface area contributed by atoms with E-state index in [4.69, 9.17) is 10.2 Å². The van der Waals surface area contributed by atoms with Crippen LogP contribution in [0, 0.1) is 0 Å². The predicted octanol–water partition coefficient (Wildman–Crippen LogP) is 3.66. The molecule has 0 saturated heterocycles. The van der Waals surface area contributed by atoms with Gasteiger partial charge in [0.05, 0.1) is 5.54 Å². The number of aliphatic carboxylic acids is 2. The van der Waals surface area contributed by atoms with Crippen molar-refractivity contribution in [3.05, 3.63) is 69.4 Å². The average Bonchev–Trinajstić information content (AvgIpc) is 3.15. The number of carboxylic acid groups (broad SMARTS) is 2. The van der Waals surface area contributed by atoms with E-state index in [-0.39, 0.29) is 5.54 Å². The van der Waals surface area contributed by atoms with E-state index >= 15 is 0 Å². The highest BCUT2D eigenvalue weighted by atomic mass is 32.1. The number of thiophene rings is 1. The zero-order chi connectivity index (χ0) is 18.9. The van der Waals surface area contributed by atoms with Crippen molar-refractivity contribution in [3.63, 3.8) is 0 Å². The number of hydrogen-bond acceptors (Lipinski definition) is 4. The summed E-state index contributed by atoms with van der Waals surface area (Å²) < 4.78 is 0. The van der Waals surface area contributed by atoms with E-state index in [9.17, 15) is 9.59 Å². The normalized spacial score (nSPS) is 23.1. The molecule has 0 spiro atoms. The van der Waals surface area contributed by atoms with Gasteiger partial charge in [-0.25, -0.2) is 9.59 Å². The molecule has 0 saturated carbocycles.